The predicted octanol–water partition coefficient (Wildman–Crippen LogP) is 2.61. The number of amides is 1. The van der Waals surface area contributed by atoms with Crippen LogP contribution in [0.15, 0.2) is 22.7 Å². The van der Waals surface area contributed by atoms with Gasteiger partial charge in [-0.25, -0.2) is 4.79 Å². The van der Waals surface area contributed by atoms with Crippen LogP contribution in [0.25, 0.3) is 0 Å². The molecular formula is C11H11BrClNO3S. The van der Waals surface area contributed by atoms with E-state index in [2.05, 4.69) is 33.9 Å². The maximum atomic E-state index is 11.8. The third-order valence-electron chi connectivity index (χ3n) is 2.20. The van der Waals surface area contributed by atoms with Crippen molar-refractivity contribution in [2.75, 3.05) is 5.75 Å². The first-order valence-corrected chi connectivity index (χ1v) is 6.85. The minimum atomic E-state index is -1.08. The Kier molecular flexibility index (Phi) is 5.98. The summed E-state index contributed by atoms with van der Waals surface area (Å²) in [6.07, 6.45) is 0.263. The molecule has 4 nitrogen and oxygen atoms in total. The van der Waals surface area contributed by atoms with E-state index in [4.69, 9.17) is 16.7 Å². The number of nitrogens with one attached hydrogen (secondary N) is 1. The lowest BCUT2D eigenvalue weighted by molar-refractivity contribution is -0.139. The summed E-state index contributed by atoms with van der Waals surface area (Å²) in [5, 5.41) is 11.8. The van der Waals surface area contributed by atoms with E-state index in [0.717, 1.165) is 0 Å². The molecule has 1 rings (SSSR count). The lowest BCUT2D eigenvalue weighted by atomic mass is 10.1. The quantitative estimate of drug-likeness (QED) is 0.714. The van der Waals surface area contributed by atoms with Crippen LogP contribution in [0.3, 0.4) is 0 Å². The van der Waals surface area contributed by atoms with Crippen LogP contribution in [0.4, 0.5) is 0 Å². The number of carboxylic acids is 1. The normalized spacial score (nSPS) is 11.9. The summed E-state index contributed by atoms with van der Waals surface area (Å²) in [5.41, 5.74) is 0.344. The zero-order valence-corrected chi connectivity index (χ0v) is 12.4. The van der Waals surface area contributed by atoms with E-state index in [1.165, 1.54) is 12.1 Å². The minimum Gasteiger partial charge on any atom is -0.480 e. The molecular weight excluding hydrogens is 342 g/mol. The van der Waals surface area contributed by atoms with Crippen molar-refractivity contribution in [1.29, 1.82) is 0 Å². The molecule has 1 aromatic carbocycles. The van der Waals surface area contributed by atoms with Gasteiger partial charge in [-0.1, -0.05) is 11.6 Å². The largest absolute Gasteiger partial charge is 0.480 e. The third kappa shape index (κ3) is 4.19. The van der Waals surface area contributed by atoms with E-state index in [1.807, 2.05) is 0 Å². The Hall–Kier alpha value is -0.720. The van der Waals surface area contributed by atoms with E-state index in [0.29, 0.717) is 20.8 Å². The fourth-order valence-electron chi connectivity index (χ4n) is 1.27. The fraction of sp³-hybridized carbons (Fsp3) is 0.273. The van der Waals surface area contributed by atoms with Crippen LogP contribution in [-0.2, 0) is 4.79 Å². The van der Waals surface area contributed by atoms with Crippen LogP contribution in [0.5, 0.6) is 0 Å². The molecule has 0 spiro atoms. The number of rotatable bonds is 5. The monoisotopic (exact) mass is 351 g/mol. The Morgan fingerprint density at radius 2 is 2.17 bits per heavy atom. The highest BCUT2D eigenvalue weighted by molar-refractivity contribution is 9.10. The number of carbonyl (C=O) groups is 2. The Bertz CT molecular complexity index is 470. The molecule has 0 saturated carbocycles. The first-order chi connectivity index (χ1) is 8.45. The number of benzene rings is 1. The summed E-state index contributed by atoms with van der Waals surface area (Å²) in [7, 11) is 0. The molecule has 0 aliphatic carbocycles. The summed E-state index contributed by atoms with van der Waals surface area (Å²) in [6, 6.07) is 3.69. The van der Waals surface area contributed by atoms with Crippen molar-refractivity contribution in [2.24, 2.45) is 0 Å². The van der Waals surface area contributed by atoms with Gasteiger partial charge in [-0.3, -0.25) is 4.79 Å². The number of carboxylic acid groups (broad SMARTS) is 1. The van der Waals surface area contributed by atoms with Crippen LogP contribution in [0.1, 0.15) is 16.8 Å². The van der Waals surface area contributed by atoms with Gasteiger partial charge in [0.1, 0.15) is 6.04 Å². The van der Waals surface area contributed by atoms with Crippen molar-refractivity contribution >= 4 is 52.0 Å². The molecule has 1 unspecified atom stereocenters. The van der Waals surface area contributed by atoms with Crippen LogP contribution >= 0.6 is 40.2 Å². The lowest BCUT2D eigenvalue weighted by Crippen LogP contribution is -2.41. The van der Waals surface area contributed by atoms with Crippen LogP contribution < -0.4 is 5.32 Å². The number of halogens is 2. The van der Waals surface area contributed by atoms with E-state index in [1.54, 1.807) is 6.07 Å². The Labute approximate surface area is 123 Å². The zero-order chi connectivity index (χ0) is 13.7. The Balaban J connectivity index is 2.80. The van der Waals surface area contributed by atoms with Gasteiger partial charge in [-0.05, 0) is 46.3 Å². The van der Waals surface area contributed by atoms with Gasteiger partial charge in [0.25, 0.3) is 5.91 Å². The standard InChI is InChI=1S/C11H11BrClNO3S/c12-7-5-6(1-2-8(7)13)10(15)14-9(3-4-18)11(16)17/h1-2,5,9,18H,3-4H2,(H,14,15)(H,16,17). The first-order valence-electron chi connectivity index (χ1n) is 5.05. The van der Waals surface area contributed by atoms with Crippen LogP contribution in [-0.4, -0.2) is 28.8 Å². The van der Waals surface area contributed by atoms with E-state index in [-0.39, 0.29) is 6.42 Å². The first kappa shape index (κ1) is 15.3. The third-order valence-corrected chi connectivity index (χ3v) is 3.68. The maximum absolute atomic E-state index is 11.8. The van der Waals surface area contributed by atoms with E-state index in [9.17, 15) is 9.59 Å². The van der Waals surface area contributed by atoms with Crippen molar-refractivity contribution in [3.05, 3.63) is 33.3 Å². The second-order valence-corrected chi connectivity index (χ2v) is 5.21. The topological polar surface area (TPSA) is 66.4 Å². The number of aliphatic carboxylic acids is 1. The van der Waals surface area contributed by atoms with E-state index < -0.39 is 17.9 Å². The second-order valence-electron chi connectivity index (χ2n) is 3.51. The molecule has 0 radical (unpaired) electrons. The summed E-state index contributed by atoms with van der Waals surface area (Å²) in [5.74, 6) is -1.16. The van der Waals surface area contributed by atoms with Crippen molar-refractivity contribution in [3.8, 4) is 0 Å². The van der Waals surface area contributed by atoms with Crippen molar-refractivity contribution in [1.82, 2.24) is 5.32 Å². The van der Waals surface area contributed by atoms with Gasteiger partial charge in [-0.15, -0.1) is 0 Å². The molecule has 98 valence electrons. The predicted molar refractivity (Wildman–Crippen MR) is 76.5 cm³/mol. The molecule has 0 aliphatic rings. The fourth-order valence-corrected chi connectivity index (χ4v) is 2.02. The molecule has 2 N–H and O–H groups in total. The highest BCUT2D eigenvalue weighted by Gasteiger charge is 2.19. The summed E-state index contributed by atoms with van der Waals surface area (Å²) in [6.45, 7) is 0. The van der Waals surface area contributed by atoms with Gasteiger partial charge in [0, 0.05) is 10.0 Å². The minimum absolute atomic E-state index is 0.263. The number of hydrogen-bond acceptors (Lipinski definition) is 3. The summed E-state index contributed by atoms with van der Waals surface area (Å²) >= 11 is 13.0. The lowest BCUT2D eigenvalue weighted by Gasteiger charge is -2.13. The maximum Gasteiger partial charge on any atom is 0.326 e. The summed E-state index contributed by atoms with van der Waals surface area (Å²) in [4.78, 5) is 22.7. The molecule has 18 heavy (non-hydrogen) atoms. The van der Waals surface area contributed by atoms with Crippen LogP contribution in [0.2, 0.25) is 5.02 Å². The molecule has 1 amide bonds. The van der Waals surface area contributed by atoms with Gasteiger partial charge in [-0.2, -0.15) is 12.6 Å². The van der Waals surface area contributed by atoms with Crippen LogP contribution in [0, 0.1) is 0 Å². The number of thiol groups is 1. The molecule has 1 aromatic rings. The van der Waals surface area contributed by atoms with Gasteiger partial charge in [0.05, 0.1) is 5.02 Å². The molecule has 7 heteroatoms. The second kappa shape index (κ2) is 7.01. The molecule has 0 bridgehead atoms. The summed E-state index contributed by atoms with van der Waals surface area (Å²) < 4.78 is 0.581. The molecule has 0 saturated heterocycles. The molecule has 0 aliphatic heterocycles. The Morgan fingerprint density at radius 1 is 1.50 bits per heavy atom. The van der Waals surface area contributed by atoms with Crippen molar-refractivity contribution in [2.45, 2.75) is 12.5 Å². The van der Waals surface area contributed by atoms with Gasteiger partial charge in [0.15, 0.2) is 0 Å². The van der Waals surface area contributed by atoms with Crippen molar-refractivity contribution < 1.29 is 14.7 Å². The molecule has 0 aromatic heterocycles. The van der Waals surface area contributed by atoms with Crippen molar-refractivity contribution in [3.63, 3.8) is 0 Å². The molecule has 1 atom stereocenters. The zero-order valence-electron chi connectivity index (χ0n) is 9.19. The average molecular weight is 353 g/mol. The van der Waals surface area contributed by atoms with Gasteiger partial charge < -0.3 is 10.4 Å². The average Bonchev–Trinajstić information content (AvgIpc) is 2.31. The number of carbonyl (C=O) groups excluding carboxylic acids is 1. The SMILES string of the molecule is O=C(NC(CCS)C(=O)O)c1ccc(Cl)c(Br)c1. The highest BCUT2D eigenvalue weighted by Crippen LogP contribution is 2.23. The van der Waals surface area contributed by atoms with E-state index >= 15 is 0 Å². The van der Waals surface area contributed by atoms with Gasteiger partial charge in [0.2, 0.25) is 0 Å². The van der Waals surface area contributed by atoms with Gasteiger partial charge >= 0.3 is 5.97 Å². The highest BCUT2D eigenvalue weighted by atomic mass is 79.9. The smallest absolute Gasteiger partial charge is 0.326 e. The molecule has 0 fully saturated rings. The Morgan fingerprint density at radius 3 is 2.67 bits per heavy atom. The molecule has 0 heterocycles. The number of hydrogen-bond donors (Lipinski definition) is 3.